The second-order valence-corrected chi connectivity index (χ2v) is 7.79. The number of carbonyl (C=O) groups excluding carboxylic acids is 1. The van der Waals surface area contributed by atoms with Crippen molar-refractivity contribution in [3.8, 4) is 0 Å². The summed E-state index contributed by atoms with van der Waals surface area (Å²) in [4.78, 5) is 28.8. The van der Waals surface area contributed by atoms with Crippen molar-refractivity contribution in [3.63, 3.8) is 0 Å². The van der Waals surface area contributed by atoms with E-state index < -0.39 is 11.7 Å². The Bertz CT molecular complexity index is 1030. The van der Waals surface area contributed by atoms with Crippen LogP contribution in [0.5, 0.6) is 0 Å². The lowest BCUT2D eigenvalue weighted by molar-refractivity contribution is -0.137. The van der Waals surface area contributed by atoms with E-state index in [1.165, 1.54) is 17.4 Å². The van der Waals surface area contributed by atoms with Crippen LogP contribution < -0.4 is 10.2 Å². The first-order valence-electron chi connectivity index (χ1n) is 9.57. The molecule has 1 amide bonds. The van der Waals surface area contributed by atoms with Crippen molar-refractivity contribution < 1.29 is 18.0 Å². The van der Waals surface area contributed by atoms with Crippen LogP contribution in [0.2, 0.25) is 0 Å². The fraction of sp³-hybridized carbons (Fsp3) is 0.300. The molecule has 31 heavy (non-hydrogen) atoms. The van der Waals surface area contributed by atoms with Crippen molar-refractivity contribution in [2.45, 2.75) is 12.6 Å². The fourth-order valence-electron chi connectivity index (χ4n) is 3.26. The largest absolute Gasteiger partial charge is 0.416 e. The van der Waals surface area contributed by atoms with Gasteiger partial charge in [-0.3, -0.25) is 4.79 Å². The van der Waals surface area contributed by atoms with E-state index in [0.717, 1.165) is 12.1 Å². The molecule has 0 bridgehead atoms. The number of nitrogens with zero attached hydrogens (tertiary/aromatic N) is 5. The molecular formula is C20H19F3N6OS. The van der Waals surface area contributed by atoms with Gasteiger partial charge in [0.25, 0.3) is 0 Å². The Morgan fingerprint density at radius 3 is 2.55 bits per heavy atom. The van der Waals surface area contributed by atoms with Crippen LogP contribution in [0.4, 0.5) is 29.9 Å². The summed E-state index contributed by atoms with van der Waals surface area (Å²) in [6, 6.07) is 6.99. The SMILES string of the molecule is O=C(Cc1csc(Nc2ncccn2)n1)N1CCN(c2cccc(C(F)(F)F)c2)CC1. The third-order valence-corrected chi connectivity index (χ3v) is 5.65. The zero-order chi connectivity index (χ0) is 21.8. The minimum atomic E-state index is -4.37. The number of aromatic nitrogens is 3. The number of hydrogen-bond donors (Lipinski definition) is 1. The molecule has 1 fully saturated rings. The van der Waals surface area contributed by atoms with Crippen LogP contribution in [0.3, 0.4) is 0 Å². The summed E-state index contributed by atoms with van der Waals surface area (Å²) >= 11 is 1.36. The van der Waals surface area contributed by atoms with Crippen LogP contribution in [-0.4, -0.2) is 51.9 Å². The monoisotopic (exact) mass is 448 g/mol. The van der Waals surface area contributed by atoms with Gasteiger partial charge in [-0.25, -0.2) is 15.0 Å². The lowest BCUT2D eigenvalue weighted by Gasteiger charge is -2.36. The molecule has 1 saturated heterocycles. The molecule has 3 heterocycles. The molecular weight excluding hydrogens is 429 g/mol. The zero-order valence-corrected chi connectivity index (χ0v) is 17.2. The molecule has 2 aromatic heterocycles. The lowest BCUT2D eigenvalue weighted by atomic mass is 10.1. The number of hydrogen-bond acceptors (Lipinski definition) is 7. The summed E-state index contributed by atoms with van der Waals surface area (Å²) in [5.74, 6) is 0.372. The second-order valence-electron chi connectivity index (χ2n) is 6.93. The topological polar surface area (TPSA) is 74.2 Å². The summed E-state index contributed by atoms with van der Waals surface area (Å²) < 4.78 is 38.8. The van der Waals surface area contributed by atoms with Crippen LogP contribution in [-0.2, 0) is 17.4 Å². The number of nitrogens with one attached hydrogen (secondary N) is 1. The predicted molar refractivity (Wildman–Crippen MR) is 111 cm³/mol. The first-order valence-corrected chi connectivity index (χ1v) is 10.4. The molecule has 1 aliphatic rings. The highest BCUT2D eigenvalue weighted by atomic mass is 32.1. The summed E-state index contributed by atoms with van der Waals surface area (Å²) in [5.41, 5.74) is 0.492. The van der Waals surface area contributed by atoms with Crippen molar-refractivity contribution in [2.75, 3.05) is 36.4 Å². The maximum absolute atomic E-state index is 12.9. The second kappa shape index (κ2) is 8.88. The highest BCUT2D eigenvalue weighted by molar-refractivity contribution is 7.13. The molecule has 0 aliphatic carbocycles. The Balaban J connectivity index is 1.31. The standard InChI is InChI=1S/C20H19F3N6OS/c21-20(22,23)14-3-1-4-16(11-14)28-7-9-29(10-8-28)17(30)12-15-13-31-19(26-15)27-18-24-5-2-6-25-18/h1-6,11,13H,7-10,12H2,(H,24,25,26,27). The van der Waals surface area contributed by atoms with E-state index in [-0.39, 0.29) is 12.3 Å². The first-order chi connectivity index (χ1) is 14.9. The van der Waals surface area contributed by atoms with Crippen molar-refractivity contribution in [1.82, 2.24) is 19.9 Å². The van der Waals surface area contributed by atoms with E-state index in [0.29, 0.717) is 48.6 Å². The van der Waals surface area contributed by atoms with Gasteiger partial charge in [0.05, 0.1) is 17.7 Å². The van der Waals surface area contributed by atoms with Crippen molar-refractivity contribution >= 4 is 34.0 Å². The average molecular weight is 448 g/mol. The van der Waals surface area contributed by atoms with Gasteiger partial charge in [-0.1, -0.05) is 6.07 Å². The number of rotatable bonds is 5. The van der Waals surface area contributed by atoms with E-state index in [9.17, 15) is 18.0 Å². The van der Waals surface area contributed by atoms with Crippen LogP contribution in [0, 0.1) is 0 Å². The number of anilines is 3. The lowest BCUT2D eigenvalue weighted by Crippen LogP contribution is -2.49. The Hall–Kier alpha value is -3.21. The molecule has 0 saturated carbocycles. The Kier molecular flexibility index (Phi) is 6.03. The van der Waals surface area contributed by atoms with Gasteiger partial charge in [0.15, 0.2) is 5.13 Å². The molecule has 4 rings (SSSR count). The van der Waals surface area contributed by atoms with Gasteiger partial charge in [0.1, 0.15) is 0 Å². The van der Waals surface area contributed by atoms with Gasteiger partial charge < -0.3 is 15.1 Å². The van der Waals surface area contributed by atoms with Crippen LogP contribution >= 0.6 is 11.3 Å². The normalized spacial score (nSPS) is 14.5. The van der Waals surface area contributed by atoms with E-state index in [2.05, 4.69) is 20.3 Å². The number of thiazole rings is 1. The quantitative estimate of drug-likeness (QED) is 0.643. The van der Waals surface area contributed by atoms with Crippen molar-refractivity contribution in [3.05, 3.63) is 59.4 Å². The van der Waals surface area contributed by atoms with Gasteiger partial charge in [-0.05, 0) is 24.3 Å². The zero-order valence-electron chi connectivity index (χ0n) is 16.3. The van der Waals surface area contributed by atoms with Crippen LogP contribution in [0.15, 0.2) is 48.1 Å². The molecule has 1 aliphatic heterocycles. The van der Waals surface area contributed by atoms with Crippen LogP contribution in [0.25, 0.3) is 0 Å². The highest BCUT2D eigenvalue weighted by Crippen LogP contribution is 2.32. The molecule has 162 valence electrons. The molecule has 0 spiro atoms. The molecule has 11 heteroatoms. The molecule has 1 N–H and O–H groups in total. The number of piperazine rings is 1. The summed E-state index contributed by atoms with van der Waals surface area (Å²) in [5, 5.41) is 5.40. The minimum Gasteiger partial charge on any atom is -0.368 e. The average Bonchev–Trinajstić information content (AvgIpc) is 3.20. The maximum Gasteiger partial charge on any atom is 0.416 e. The number of carbonyl (C=O) groups is 1. The Morgan fingerprint density at radius 2 is 1.84 bits per heavy atom. The number of amides is 1. The third-order valence-electron chi connectivity index (χ3n) is 4.84. The van der Waals surface area contributed by atoms with E-state index in [1.807, 2.05) is 10.3 Å². The van der Waals surface area contributed by atoms with Gasteiger partial charge >= 0.3 is 6.18 Å². The Labute approximate surface area is 180 Å². The fourth-order valence-corrected chi connectivity index (χ4v) is 3.97. The molecule has 3 aromatic rings. The highest BCUT2D eigenvalue weighted by Gasteiger charge is 2.31. The maximum atomic E-state index is 12.9. The van der Waals surface area contributed by atoms with Crippen molar-refractivity contribution in [1.29, 1.82) is 0 Å². The molecule has 0 atom stereocenters. The van der Waals surface area contributed by atoms with Crippen LogP contribution in [0.1, 0.15) is 11.3 Å². The first kappa shape index (κ1) is 21.0. The Morgan fingerprint density at radius 1 is 1.10 bits per heavy atom. The molecule has 7 nitrogen and oxygen atoms in total. The number of halogens is 3. The van der Waals surface area contributed by atoms with Crippen molar-refractivity contribution in [2.24, 2.45) is 0 Å². The molecule has 0 unspecified atom stereocenters. The van der Waals surface area contributed by atoms with Gasteiger partial charge in [0.2, 0.25) is 11.9 Å². The molecule has 0 radical (unpaired) electrons. The summed E-state index contributed by atoms with van der Waals surface area (Å²) in [7, 11) is 0. The molecule has 1 aromatic carbocycles. The summed E-state index contributed by atoms with van der Waals surface area (Å²) in [6.45, 7) is 1.84. The number of alkyl halides is 3. The van der Waals surface area contributed by atoms with Gasteiger partial charge in [0, 0.05) is 49.6 Å². The smallest absolute Gasteiger partial charge is 0.368 e. The number of benzene rings is 1. The third kappa shape index (κ3) is 5.29. The minimum absolute atomic E-state index is 0.0588. The van der Waals surface area contributed by atoms with E-state index in [1.54, 1.807) is 29.4 Å². The van der Waals surface area contributed by atoms with E-state index >= 15 is 0 Å². The summed E-state index contributed by atoms with van der Waals surface area (Å²) in [6.07, 6.45) is -0.974. The van der Waals surface area contributed by atoms with Gasteiger partial charge in [-0.2, -0.15) is 13.2 Å². The van der Waals surface area contributed by atoms with E-state index in [4.69, 9.17) is 0 Å². The van der Waals surface area contributed by atoms with Gasteiger partial charge in [-0.15, -0.1) is 11.3 Å². The predicted octanol–water partition coefficient (Wildman–Crippen LogP) is 3.59.